The summed E-state index contributed by atoms with van der Waals surface area (Å²) in [6.45, 7) is 2.34. The molecule has 1 aromatic carbocycles. The minimum atomic E-state index is -0.484. The number of carbonyl (C=O) groups is 2. The summed E-state index contributed by atoms with van der Waals surface area (Å²) < 4.78 is 4.87. The summed E-state index contributed by atoms with van der Waals surface area (Å²) in [4.78, 5) is 24.0. The van der Waals surface area contributed by atoms with E-state index in [1.165, 1.54) is 0 Å². The molecule has 1 unspecified atom stereocenters. The van der Waals surface area contributed by atoms with Gasteiger partial charge in [0.2, 0.25) is 0 Å². The molecule has 0 amide bonds. The lowest BCUT2D eigenvalue weighted by molar-refractivity contribution is -0.122. The Morgan fingerprint density at radius 3 is 2.94 bits per heavy atom. The number of fused-ring (bicyclic) bond motifs is 1. The Balaban J connectivity index is 2.17. The molecule has 90 valence electrons. The van der Waals surface area contributed by atoms with Crippen molar-refractivity contribution in [3.05, 3.63) is 34.9 Å². The van der Waals surface area contributed by atoms with Crippen LogP contribution in [0.3, 0.4) is 0 Å². The molecule has 3 heteroatoms. The summed E-state index contributed by atoms with van der Waals surface area (Å²) in [6, 6.07) is 5.81. The molecule has 0 spiro atoms. The van der Waals surface area contributed by atoms with Gasteiger partial charge in [-0.15, -0.1) is 0 Å². The zero-order chi connectivity index (χ0) is 12.4. The standard InChI is InChI=1S/C14H16O3/c1-9-3-4-10-8-12(13(15)5-6-17-2)14(16)11(10)7-9/h3-4,7,12H,5-6,8H2,1-2H3. The Morgan fingerprint density at radius 1 is 1.47 bits per heavy atom. The summed E-state index contributed by atoms with van der Waals surface area (Å²) in [7, 11) is 1.56. The van der Waals surface area contributed by atoms with Crippen LogP contribution in [0.2, 0.25) is 0 Å². The first-order valence-electron chi connectivity index (χ1n) is 5.79. The third-order valence-corrected chi connectivity index (χ3v) is 3.21. The summed E-state index contributed by atoms with van der Waals surface area (Å²) in [5.74, 6) is -0.516. The molecule has 2 rings (SSSR count). The fourth-order valence-electron chi connectivity index (χ4n) is 2.23. The molecule has 3 nitrogen and oxygen atoms in total. The quantitative estimate of drug-likeness (QED) is 0.745. The number of Topliss-reactive ketones (excluding diaryl/α,β-unsaturated/α-hetero) is 2. The maximum absolute atomic E-state index is 12.1. The second-order valence-corrected chi connectivity index (χ2v) is 4.49. The van der Waals surface area contributed by atoms with Crippen molar-refractivity contribution in [1.29, 1.82) is 0 Å². The highest BCUT2D eigenvalue weighted by atomic mass is 16.5. The van der Waals surface area contributed by atoms with E-state index in [1.54, 1.807) is 7.11 Å². The number of aryl methyl sites for hydroxylation is 1. The van der Waals surface area contributed by atoms with Crippen LogP contribution in [0.15, 0.2) is 18.2 Å². The lowest BCUT2D eigenvalue weighted by Crippen LogP contribution is -2.21. The molecule has 0 heterocycles. The van der Waals surface area contributed by atoms with Gasteiger partial charge in [-0.2, -0.15) is 0 Å². The number of hydrogen-bond donors (Lipinski definition) is 0. The average molecular weight is 232 g/mol. The molecule has 0 N–H and O–H groups in total. The third-order valence-electron chi connectivity index (χ3n) is 3.21. The van der Waals surface area contributed by atoms with E-state index in [9.17, 15) is 9.59 Å². The van der Waals surface area contributed by atoms with Crippen molar-refractivity contribution in [3.8, 4) is 0 Å². The summed E-state index contributed by atoms with van der Waals surface area (Å²) in [6.07, 6.45) is 0.872. The van der Waals surface area contributed by atoms with Crippen LogP contribution < -0.4 is 0 Å². The topological polar surface area (TPSA) is 43.4 Å². The smallest absolute Gasteiger partial charge is 0.173 e. The van der Waals surface area contributed by atoms with Crippen LogP contribution in [0.5, 0.6) is 0 Å². The number of methoxy groups -OCH3 is 1. The van der Waals surface area contributed by atoms with E-state index in [-0.39, 0.29) is 11.6 Å². The molecule has 17 heavy (non-hydrogen) atoms. The third kappa shape index (κ3) is 2.29. The minimum Gasteiger partial charge on any atom is -0.384 e. The maximum Gasteiger partial charge on any atom is 0.173 e. The second kappa shape index (κ2) is 4.80. The fraction of sp³-hybridized carbons (Fsp3) is 0.429. The van der Waals surface area contributed by atoms with Gasteiger partial charge in [0.1, 0.15) is 5.78 Å². The van der Waals surface area contributed by atoms with E-state index in [0.29, 0.717) is 19.4 Å². The van der Waals surface area contributed by atoms with Gasteiger partial charge in [-0.05, 0) is 25.0 Å². The molecule has 0 aromatic heterocycles. The Kier molecular flexibility index (Phi) is 3.38. The molecule has 0 fully saturated rings. The Bertz CT molecular complexity index is 463. The number of rotatable bonds is 4. The second-order valence-electron chi connectivity index (χ2n) is 4.49. The molecular weight excluding hydrogens is 216 g/mol. The van der Waals surface area contributed by atoms with Crippen LogP contribution in [0.25, 0.3) is 0 Å². The number of ether oxygens (including phenoxy) is 1. The van der Waals surface area contributed by atoms with Gasteiger partial charge in [0, 0.05) is 19.1 Å². The van der Waals surface area contributed by atoms with Gasteiger partial charge in [-0.3, -0.25) is 9.59 Å². The van der Waals surface area contributed by atoms with E-state index in [4.69, 9.17) is 4.74 Å². The van der Waals surface area contributed by atoms with Crippen LogP contribution in [0, 0.1) is 12.8 Å². The van der Waals surface area contributed by atoms with Crippen molar-refractivity contribution < 1.29 is 14.3 Å². The van der Waals surface area contributed by atoms with Gasteiger partial charge in [0.15, 0.2) is 5.78 Å². The monoisotopic (exact) mass is 232 g/mol. The highest BCUT2D eigenvalue weighted by Crippen LogP contribution is 2.28. The highest BCUT2D eigenvalue weighted by Gasteiger charge is 2.34. The van der Waals surface area contributed by atoms with Crippen LogP contribution >= 0.6 is 0 Å². The average Bonchev–Trinajstić information content (AvgIpc) is 2.64. The largest absolute Gasteiger partial charge is 0.384 e. The summed E-state index contributed by atoms with van der Waals surface area (Å²) >= 11 is 0. The molecule has 1 atom stereocenters. The Hall–Kier alpha value is -1.48. The van der Waals surface area contributed by atoms with Gasteiger partial charge >= 0.3 is 0 Å². The maximum atomic E-state index is 12.1. The number of benzene rings is 1. The summed E-state index contributed by atoms with van der Waals surface area (Å²) in [5, 5.41) is 0. The lowest BCUT2D eigenvalue weighted by atomic mass is 9.98. The van der Waals surface area contributed by atoms with Crippen molar-refractivity contribution in [2.75, 3.05) is 13.7 Å². The molecule has 1 aliphatic carbocycles. The van der Waals surface area contributed by atoms with E-state index in [0.717, 1.165) is 16.7 Å². The lowest BCUT2D eigenvalue weighted by Gasteiger charge is -2.05. The zero-order valence-electron chi connectivity index (χ0n) is 10.2. The number of ketones is 2. The molecule has 0 radical (unpaired) electrons. The van der Waals surface area contributed by atoms with Crippen LogP contribution in [-0.4, -0.2) is 25.3 Å². The minimum absolute atomic E-state index is 0.00861. The Morgan fingerprint density at radius 2 is 2.24 bits per heavy atom. The van der Waals surface area contributed by atoms with Crippen LogP contribution in [0.4, 0.5) is 0 Å². The molecule has 0 aliphatic heterocycles. The van der Waals surface area contributed by atoms with Gasteiger partial charge in [-0.1, -0.05) is 17.7 Å². The summed E-state index contributed by atoms with van der Waals surface area (Å²) in [5.41, 5.74) is 2.78. The van der Waals surface area contributed by atoms with E-state index in [2.05, 4.69) is 0 Å². The van der Waals surface area contributed by atoms with Gasteiger partial charge in [0.05, 0.1) is 12.5 Å². The zero-order valence-corrected chi connectivity index (χ0v) is 10.2. The van der Waals surface area contributed by atoms with Crippen LogP contribution in [0.1, 0.15) is 27.9 Å². The van der Waals surface area contributed by atoms with Gasteiger partial charge < -0.3 is 4.74 Å². The van der Waals surface area contributed by atoms with Crippen molar-refractivity contribution in [2.45, 2.75) is 19.8 Å². The fourth-order valence-corrected chi connectivity index (χ4v) is 2.23. The molecule has 0 bridgehead atoms. The first kappa shape index (κ1) is 12.0. The van der Waals surface area contributed by atoms with E-state index < -0.39 is 5.92 Å². The first-order chi connectivity index (χ1) is 8.13. The number of hydrogen-bond acceptors (Lipinski definition) is 3. The SMILES string of the molecule is COCCC(=O)C1Cc2ccc(C)cc2C1=O. The Labute approximate surface area is 101 Å². The molecular formula is C14H16O3. The molecule has 0 saturated heterocycles. The van der Waals surface area contributed by atoms with E-state index >= 15 is 0 Å². The highest BCUT2D eigenvalue weighted by molar-refractivity contribution is 6.14. The molecule has 1 aromatic rings. The van der Waals surface area contributed by atoms with Gasteiger partial charge in [-0.25, -0.2) is 0 Å². The van der Waals surface area contributed by atoms with Crippen molar-refractivity contribution in [1.82, 2.24) is 0 Å². The number of carbonyl (C=O) groups excluding carboxylic acids is 2. The van der Waals surface area contributed by atoms with Crippen molar-refractivity contribution in [2.24, 2.45) is 5.92 Å². The van der Waals surface area contributed by atoms with Crippen molar-refractivity contribution in [3.63, 3.8) is 0 Å². The normalized spacial score (nSPS) is 18.2. The van der Waals surface area contributed by atoms with Gasteiger partial charge in [0.25, 0.3) is 0 Å². The van der Waals surface area contributed by atoms with Crippen molar-refractivity contribution >= 4 is 11.6 Å². The predicted octanol–water partition coefficient (Wildman–Crippen LogP) is 1.96. The van der Waals surface area contributed by atoms with Crippen LogP contribution in [-0.2, 0) is 16.0 Å². The predicted molar refractivity (Wildman–Crippen MR) is 64.2 cm³/mol. The molecule has 0 saturated carbocycles. The van der Waals surface area contributed by atoms with E-state index in [1.807, 2.05) is 25.1 Å². The molecule has 1 aliphatic rings. The first-order valence-corrected chi connectivity index (χ1v) is 5.79.